The zero-order valence-corrected chi connectivity index (χ0v) is 21.2. The number of ether oxygens (including phenoxy) is 3. The molecule has 0 unspecified atom stereocenters. The Balaban J connectivity index is 2.51. The van der Waals surface area contributed by atoms with Crippen molar-refractivity contribution in [2.45, 2.75) is 71.3 Å². The quantitative estimate of drug-likeness (QED) is 0.331. The van der Waals surface area contributed by atoms with E-state index in [1.165, 1.54) is 13.3 Å². The third kappa shape index (κ3) is 11.2. The molecule has 0 spiro atoms. The number of alkyl carbamates (subject to hydrolysis) is 1. The van der Waals surface area contributed by atoms with Crippen molar-refractivity contribution in [3.63, 3.8) is 0 Å². The van der Waals surface area contributed by atoms with Crippen LogP contribution in [0.25, 0.3) is 0 Å². The van der Waals surface area contributed by atoms with E-state index in [9.17, 15) is 14.4 Å². The number of likely N-dealkylation sites (tertiary alicyclic amines) is 1. The molecule has 2 amide bonds. The summed E-state index contributed by atoms with van der Waals surface area (Å²) in [5, 5.41) is 2.55. The third-order valence-corrected chi connectivity index (χ3v) is 6.76. The molecule has 1 fully saturated rings. The lowest BCUT2D eigenvalue weighted by atomic mass is 9.82. The monoisotopic (exact) mass is 456 g/mol. The van der Waals surface area contributed by atoms with Gasteiger partial charge in [-0.15, -0.1) is 0 Å². The van der Waals surface area contributed by atoms with Crippen LogP contribution in [0.2, 0.25) is 25.7 Å². The van der Waals surface area contributed by atoms with Gasteiger partial charge in [-0.2, -0.15) is 0 Å². The van der Waals surface area contributed by atoms with Gasteiger partial charge in [0.2, 0.25) is 0 Å². The molecule has 0 saturated carbocycles. The van der Waals surface area contributed by atoms with E-state index < -0.39 is 19.8 Å². The number of nitrogens with zero attached hydrogens (tertiary/aromatic N) is 1. The van der Waals surface area contributed by atoms with Crippen LogP contribution in [0.1, 0.15) is 40.0 Å². The van der Waals surface area contributed by atoms with Crippen LogP contribution in [0.3, 0.4) is 0 Å². The molecule has 0 aliphatic carbocycles. The maximum atomic E-state index is 12.3. The molecule has 0 bridgehead atoms. The SMILES string of the molecule is COC(=O)[C@@H](CC=CNC(=O)OC(C)(C)C)C1CCN(C(=O)OCC[Si](C)(C)C)CC1. The average Bonchev–Trinajstić information content (AvgIpc) is 2.65. The summed E-state index contributed by atoms with van der Waals surface area (Å²) < 4.78 is 15.6. The van der Waals surface area contributed by atoms with Crippen molar-refractivity contribution in [3.05, 3.63) is 12.3 Å². The predicted molar refractivity (Wildman–Crippen MR) is 122 cm³/mol. The Morgan fingerprint density at radius 3 is 2.29 bits per heavy atom. The first-order valence-corrected chi connectivity index (χ1v) is 14.7. The zero-order valence-electron chi connectivity index (χ0n) is 20.2. The number of carbonyl (C=O) groups excluding carboxylic acids is 3. The fourth-order valence-electron chi connectivity index (χ4n) is 3.30. The molecule has 31 heavy (non-hydrogen) atoms. The van der Waals surface area contributed by atoms with Crippen LogP contribution in [-0.4, -0.2) is 63.5 Å². The zero-order chi connectivity index (χ0) is 23.7. The molecule has 1 saturated heterocycles. The number of piperidine rings is 1. The Morgan fingerprint density at radius 1 is 1.16 bits per heavy atom. The molecule has 8 nitrogen and oxygen atoms in total. The normalized spacial score (nSPS) is 16.7. The highest BCUT2D eigenvalue weighted by molar-refractivity contribution is 6.76. The van der Waals surface area contributed by atoms with Gasteiger partial charge in [0.1, 0.15) is 5.60 Å². The van der Waals surface area contributed by atoms with E-state index in [1.807, 2.05) is 0 Å². The second kappa shape index (κ2) is 12.1. The summed E-state index contributed by atoms with van der Waals surface area (Å²) in [7, 11) is 0.139. The van der Waals surface area contributed by atoms with Crippen LogP contribution in [0, 0.1) is 11.8 Å². The number of hydrogen-bond acceptors (Lipinski definition) is 6. The predicted octanol–water partition coefficient (Wildman–Crippen LogP) is 4.39. The van der Waals surface area contributed by atoms with E-state index in [1.54, 1.807) is 31.7 Å². The van der Waals surface area contributed by atoms with Crippen LogP contribution >= 0.6 is 0 Å². The summed E-state index contributed by atoms with van der Waals surface area (Å²) in [6.45, 7) is 13.7. The van der Waals surface area contributed by atoms with Gasteiger partial charge in [-0.1, -0.05) is 25.7 Å². The summed E-state index contributed by atoms with van der Waals surface area (Å²) in [5.74, 6) is -0.505. The van der Waals surface area contributed by atoms with Crippen molar-refractivity contribution >= 4 is 26.2 Å². The highest BCUT2D eigenvalue weighted by Crippen LogP contribution is 2.29. The summed E-state index contributed by atoms with van der Waals surface area (Å²) in [6.07, 6.45) is 4.27. The van der Waals surface area contributed by atoms with Crippen LogP contribution in [0.5, 0.6) is 0 Å². The van der Waals surface area contributed by atoms with Crippen LogP contribution < -0.4 is 5.32 Å². The molecule has 0 aromatic rings. The molecule has 0 radical (unpaired) electrons. The van der Waals surface area contributed by atoms with Gasteiger partial charge in [0.25, 0.3) is 0 Å². The molecular weight excluding hydrogens is 416 g/mol. The van der Waals surface area contributed by atoms with Gasteiger partial charge in [-0.25, -0.2) is 9.59 Å². The van der Waals surface area contributed by atoms with Crippen molar-refractivity contribution in [1.82, 2.24) is 10.2 Å². The first kappa shape index (κ1) is 27.0. The Bertz CT molecular complexity index is 631. The summed E-state index contributed by atoms with van der Waals surface area (Å²) >= 11 is 0. The molecule has 0 aromatic carbocycles. The fourth-order valence-corrected chi connectivity index (χ4v) is 4.02. The van der Waals surface area contributed by atoms with E-state index in [0.717, 1.165) is 6.04 Å². The van der Waals surface area contributed by atoms with Gasteiger partial charge in [-0.05, 0) is 52.0 Å². The Kier molecular flexibility index (Phi) is 10.6. The average molecular weight is 457 g/mol. The minimum absolute atomic E-state index is 0.102. The smallest absolute Gasteiger partial charge is 0.411 e. The van der Waals surface area contributed by atoms with Crippen molar-refractivity contribution < 1.29 is 28.6 Å². The number of methoxy groups -OCH3 is 1. The molecule has 1 N–H and O–H groups in total. The largest absolute Gasteiger partial charge is 0.469 e. The molecule has 1 atom stereocenters. The van der Waals surface area contributed by atoms with E-state index in [-0.39, 0.29) is 23.9 Å². The molecule has 9 heteroatoms. The molecule has 178 valence electrons. The molecule has 0 aromatic heterocycles. The van der Waals surface area contributed by atoms with E-state index in [0.29, 0.717) is 39.0 Å². The molecule has 1 heterocycles. The summed E-state index contributed by atoms with van der Waals surface area (Å²) in [5.41, 5.74) is -0.573. The minimum Gasteiger partial charge on any atom is -0.469 e. The van der Waals surface area contributed by atoms with E-state index in [4.69, 9.17) is 14.2 Å². The Labute approximate surface area is 187 Å². The number of esters is 1. The molecule has 1 aliphatic heterocycles. The fraction of sp³-hybridized carbons (Fsp3) is 0.773. The topological polar surface area (TPSA) is 94.2 Å². The lowest BCUT2D eigenvalue weighted by Gasteiger charge is -2.34. The first-order valence-electron chi connectivity index (χ1n) is 11.0. The van der Waals surface area contributed by atoms with E-state index in [2.05, 4.69) is 25.0 Å². The summed E-state index contributed by atoms with van der Waals surface area (Å²) in [4.78, 5) is 38.0. The van der Waals surface area contributed by atoms with Crippen molar-refractivity contribution in [1.29, 1.82) is 0 Å². The van der Waals surface area contributed by atoms with Crippen molar-refractivity contribution in [3.8, 4) is 0 Å². The molecular formula is C22H40N2O6Si. The lowest BCUT2D eigenvalue weighted by molar-refractivity contribution is -0.147. The highest BCUT2D eigenvalue weighted by atomic mass is 28.3. The lowest BCUT2D eigenvalue weighted by Crippen LogP contribution is -2.42. The van der Waals surface area contributed by atoms with Crippen LogP contribution in [-0.2, 0) is 19.0 Å². The maximum Gasteiger partial charge on any atom is 0.411 e. The first-order chi connectivity index (χ1) is 14.3. The van der Waals surface area contributed by atoms with Crippen LogP contribution in [0.4, 0.5) is 9.59 Å². The van der Waals surface area contributed by atoms with Gasteiger partial charge in [-0.3, -0.25) is 10.1 Å². The van der Waals surface area contributed by atoms with Gasteiger partial charge < -0.3 is 19.1 Å². The van der Waals surface area contributed by atoms with E-state index >= 15 is 0 Å². The maximum absolute atomic E-state index is 12.3. The molecule has 1 aliphatic rings. The Hall–Kier alpha value is -2.03. The third-order valence-electron chi connectivity index (χ3n) is 5.06. The standard InChI is InChI=1S/C22H40N2O6Si/c1-22(2,3)30-20(26)23-12-8-9-18(19(25)28-4)17-10-13-24(14-11-17)21(27)29-15-16-31(5,6)7/h8,12,17-18H,9-11,13-16H2,1-7H3,(H,23,26)/t18-/m0/s1. The second-order valence-electron chi connectivity index (χ2n) is 10.2. The van der Waals surface area contributed by atoms with Crippen molar-refractivity contribution in [2.24, 2.45) is 11.8 Å². The minimum atomic E-state index is -1.24. The van der Waals surface area contributed by atoms with Crippen LogP contribution in [0.15, 0.2) is 12.3 Å². The number of rotatable bonds is 8. The van der Waals surface area contributed by atoms with Gasteiger partial charge >= 0.3 is 18.2 Å². The van der Waals surface area contributed by atoms with Gasteiger partial charge in [0.05, 0.1) is 19.6 Å². The number of nitrogens with one attached hydrogen (secondary N) is 1. The molecule has 1 rings (SSSR count). The second-order valence-corrected chi connectivity index (χ2v) is 15.8. The van der Waals surface area contributed by atoms with Gasteiger partial charge in [0.15, 0.2) is 0 Å². The highest BCUT2D eigenvalue weighted by Gasteiger charge is 2.33. The number of amides is 2. The number of allylic oxidation sites excluding steroid dienone is 1. The number of hydrogen-bond donors (Lipinski definition) is 1. The van der Waals surface area contributed by atoms with Crippen molar-refractivity contribution in [2.75, 3.05) is 26.8 Å². The Morgan fingerprint density at radius 2 is 1.77 bits per heavy atom. The number of carbonyl (C=O) groups is 3. The van der Waals surface area contributed by atoms with Gasteiger partial charge in [0, 0.05) is 27.4 Å². The summed E-state index contributed by atoms with van der Waals surface area (Å²) in [6, 6.07) is 0.948.